The van der Waals surface area contributed by atoms with Crippen molar-refractivity contribution in [2.45, 2.75) is 50.2 Å². The third-order valence-electron chi connectivity index (χ3n) is 5.61. The van der Waals surface area contributed by atoms with Gasteiger partial charge in [-0.15, -0.1) is 0 Å². The van der Waals surface area contributed by atoms with Crippen LogP contribution in [-0.2, 0) is 16.0 Å². The highest BCUT2D eigenvalue weighted by Crippen LogP contribution is 2.45. The summed E-state index contributed by atoms with van der Waals surface area (Å²) in [5.74, 6) is -1.06. The monoisotopic (exact) mass is 569 g/mol. The minimum atomic E-state index is -5.26. The predicted molar refractivity (Wildman–Crippen MR) is 127 cm³/mol. The van der Waals surface area contributed by atoms with Gasteiger partial charge in [-0.25, -0.2) is 9.18 Å². The summed E-state index contributed by atoms with van der Waals surface area (Å²) in [7, 11) is 0. The van der Waals surface area contributed by atoms with Crippen molar-refractivity contribution >= 4 is 46.7 Å². The molecule has 1 atom stereocenters. The molecule has 0 aliphatic carbocycles. The Balaban J connectivity index is 1.77. The molecule has 1 saturated heterocycles. The van der Waals surface area contributed by atoms with Crippen LogP contribution in [0.2, 0.25) is 15.1 Å². The zero-order chi connectivity index (χ0) is 27.3. The molecule has 36 heavy (non-hydrogen) atoms. The maximum Gasteiger partial charge on any atom is 0.421 e. The topological polar surface area (TPSA) is 66.8 Å². The molecule has 196 valence electrons. The van der Waals surface area contributed by atoms with Crippen LogP contribution in [0.25, 0.3) is 0 Å². The van der Waals surface area contributed by atoms with Crippen LogP contribution in [0.15, 0.2) is 36.4 Å². The van der Waals surface area contributed by atoms with Gasteiger partial charge in [0.05, 0.1) is 34.6 Å². The largest absolute Gasteiger partial charge is 0.444 e. The van der Waals surface area contributed by atoms with Crippen molar-refractivity contribution in [2.24, 2.45) is 0 Å². The van der Waals surface area contributed by atoms with Gasteiger partial charge in [-0.1, -0.05) is 59.1 Å². The van der Waals surface area contributed by atoms with E-state index in [-0.39, 0.29) is 39.3 Å². The second-order valence-electron chi connectivity index (χ2n) is 9.59. The average molecular weight is 571 g/mol. The zero-order valence-electron chi connectivity index (χ0n) is 19.4. The van der Waals surface area contributed by atoms with E-state index >= 15 is 4.39 Å². The number of carbonyl (C=O) groups excluding carboxylic acids is 2. The highest BCUT2D eigenvalue weighted by molar-refractivity contribution is 6.48. The molecule has 1 aliphatic heterocycles. The molecular weight excluding hydrogens is 549 g/mol. The Labute approximate surface area is 219 Å². The Morgan fingerprint density at radius 3 is 1.97 bits per heavy atom. The van der Waals surface area contributed by atoms with Crippen LogP contribution in [0.3, 0.4) is 0 Å². The lowest BCUT2D eigenvalue weighted by molar-refractivity contribution is -0.264. The van der Waals surface area contributed by atoms with Gasteiger partial charge in [-0.3, -0.25) is 4.79 Å². The summed E-state index contributed by atoms with van der Waals surface area (Å²) < 4.78 is 62.1. The Morgan fingerprint density at radius 1 is 1.03 bits per heavy atom. The van der Waals surface area contributed by atoms with Crippen LogP contribution in [0, 0.1) is 0 Å². The summed E-state index contributed by atoms with van der Waals surface area (Å²) in [5, 5.41) is 9.72. The summed E-state index contributed by atoms with van der Waals surface area (Å²) in [6, 6.07) is 6.41. The number of likely N-dealkylation sites (tertiary alicyclic amines) is 1. The lowest BCUT2D eigenvalue weighted by Crippen LogP contribution is -2.59. The second-order valence-corrected chi connectivity index (χ2v) is 10.8. The third-order valence-corrected chi connectivity index (χ3v) is 6.80. The molecule has 12 heteroatoms. The first kappa shape index (κ1) is 28.5. The van der Waals surface area contributed by atoms with E-state index in [2.05, 4.69) is 0 Å². The van der Waals surface area contributed by atoms with E-state index in [1.807, 2.05) is 0 Å². The molecule has 3 rings (SSSR count). The van der Waals surface area contributed by atoms with E-state index in [0.29, 0.717) is 0 Å². The molecule has 2 aromatic carbocycles. The fraction of sp³-hybridized carbons (Fsp3) is 0.417. The number of ketones is 1. The van der Waals surface area contributed by atoms with Gasteiger partial charge in [0.25, 0.3) is 0 Å². The number of rotatable bonds is 5. The van der Waals surface area contributed by atoms with E-state index in [0.717, 1.165) is 24.3 Å². The first-order chi connectivity index (χ1) is 16.4. The molecule has 0 bridgehead atoms. The van der Waals surface area contributed by atoms with Crippen molar-refractivity contribution in [3.8, 4) is 0 Å². The van der Waals surface area contributed by atoms with Crippen molar-refractivity contribution in [3.63, 3.8) is 0 Å². The highest BCUT2D eigenvalue weighted by atomic mass is 35.5. The minimum absolute atomic E-state index is 0.140. The summed E-state index contributed by atoms with van der Waals surface area (Å²) in [4.78, 5) is 25.9. The van der Waals surface area contributed by atoms with Gasteiger partial charge in [0, 0.05) is 5.56 Å². The number of ether oxygens (including phenoxy) is 1. The lowest BCUT2D eigenvalue weighted by Gasteiger charge is -2.44. The van der Waals surface area contributed by atoms with Crippen molar-refractivity contribution in [1.29, 1.82) is 0 Å². The summed E-state index contributed by atoms with van der Waals surface area (Å²) in [6.45, 7) is 4.49. The molecule has 0 spiro atoms. The molecule has 1 aliphatic rings. The highest BCUT2D eigenvalue weighted by Gasteiger charge is 2.56. The predicted octanol–water partition coefficient (Wildman–Crippen LogP) is 7.09. The van der Waals surface area contributed by atoms with Gasteiger partial charge < -0.3 is 14.7 Å². The number of hydrogen-bond donors (Lipinski definition) is 1. The van der Waals surface area contributed by atoms with Crippen LogP contribution >= 0.6 is 34.8 Å². The number of amides is 1. The summed E-state index contributed by atoms with van der Waals surface area (Å²) >= 11 is 17.4. The standard InChI is InChI=1S/C24H22Cl3F4NO4/c1-21(2,3)36-20(34)32-11-22(28,12-32)14-6-4-13(5-7-14)18(33)10-23(35,24(29,30)31)15-8-16(25)19(27)17(26)9-15/h4-9,35H,10-12H2,1-3H3. The van der Waals surface area contributed by atoms with E-state index in [1.54, 1.807) is 20.8 Å². The molecule has 0 aromatic heterocycles. The lowest BCUT2D eigenvalue weighted by atomic mass is 9.84. The number of nitrogens with zero attached hydrogens (tertiary/aromatic N) is 1. The summed E-state index contributed by atoms with van der Waals surface area (Å²) in [6.07, 6.45) is -7.31. The molecule has 0 radical (unpaired) electrons. The maximum absolute atomic E-state index is 15.2. The van der Waals surface area contributed by atoms with Gasteiger partial charge >= 0.3 is 12.3 Å². The molecular formula is C24H22Cl3F4NO4. The molecule has 1 heterocycles. The first-order valence-corrected chi connectivity index (χ1v) is 11.7. The Hall–Kier alpha value is -2.07. The van der Waals surface area contributed by atoms with Crippen LogP contribution in [0.5, 0.6) is 0 Å². The van der Waals surface area contributed by atoms with Crippen LogP contribution in [0.4, 0.5) is 22.4 Å². The Bertz CT molecular complexity index is 1150. The van der Waals surface area contributed by atoms with Gasteiger partial charge in [0.1, 0.15) is 5.60 Å². The number of benzene rings is 2. The number of Topliss-reactive ketones (excluding diaryl/α,β-unsaturated/α-hetero) is 1. The fourth-order valence-corrected chi connectivity index (χ4v) is 4.24. The SMILES string of the molecule is CC(C)(C)OC(=O)N1CC(F)(c2ccc(C(=O)CC(O)(c3cc(Cl)c(Cl)c(Cl)c3)C(F)(F)F)cc2)C1. The zero-order valence-corrected chi connectivity index (χ0v) is 21.6. The molecule has 5 nitrogen and oxygen atoms in total. The third kappa shape index (κ3) is 5.74. The van der Waals surface area contributed by atoms with E-state index in [9.17, 15) is 27.9 Å². The molecule has 1 unspecified atom stereocenters. The minimum Gasteiger partial charge on any atom is -0.444 e. The molecule has 1 amide bonds. The normalized spacial score (nSPS) is 17.2. The Kier molecular flexibility index (Phi) is 7.65. The van der Waals surface area contributed by atoms with Gasteiger partial charge in [-0.2, -0.15) is 13.2 Å². The van der Waals surface area contributed by atoms with E-state index in [4.69, 9.17) is 39.5 Å². The van der Waals surface area contributed by atoms with Gasteiger partial charge in [0.15, 0.2) is 17.1 Å². The van der Waals surface area contributed by atoms with Gasteiger partial charge in [0.2, 0.25) is 0 Å². The van der Waals surface area contributed by atoms with Crippen molar-refractivity contribution in [2.75, 3.05) is 13.1 Å². The summed E-state index contributed by atoms with van der Waals surface area (Å²) in [5.41, 5.74) is -7.04. The van der Waals surface area contributed by atoms with Crippen molar-refractivity contribution in [1.82, 2.24) is 4.90 Å². The molecule has 0 saturated carbocycles. The van der Waals surface area contributed by atoms with E-state index in [1.165, 1.54) is 17.0 Å². The van der Waals surface area contributed by atoms with Gasteiger partial charge in [-0.05, 0) is 44.0 Å². The smallest absolute Gasteiger partial charge is 0.421 e. The fourth-order valence-electron chi connectivity index (χ4n) is 3.65. The second kappa shape index (κ2) is 9.67. The quantitative estimate of drug-likeness (QED) is 0.237. The Morgan fingerprint density at radius 2 is 1.53 bits per heavy atom. The average Bonchev–Trinajstić information content (AvgIpc) is 2.72. The van der Waals surface area contributed by atoms with Crippen LogP contribution in [-0.4, -0.2) is 46.7 Å². The van der Waals surface area contributed by atoms with Crippen molar-refractivity contribution in [3.05, 3.63) is 68.2 Å². The van der Waals surface area contributed by atoms with E-state index < -0.39 is 46.9 Å². The first-order valence-electron chi connectivity index (χ1n) is 10.6. The number of hydrogen-bond acceptors (Lipinski definition) is 4. The number of alkyl halides is 4. The molecule has 2 aromatic rings. The van der Waals surface area contributed by atoms with Crippen LogP contribution < -0.4 is 0 Å². The molecule has 1 N–H and O–H groups in total. The maximum atomic E-state index is 15.2. The number of aliphatic hydroxyl groups is 1. The number of halogens is 7. The number of carbonyl (C=O) groups is 2. The molecule has 1 fully saturated rings. The van der Waals surface area contributed by atoms with Crippen LogP contribution in [0.1, 0.15) is 48.7 Å². The van der Waals surface area contributed by atoms with Crippen molar-refractivity contribution < 1.29 is 37.0 Å².